The van der Waals surface area contributed by atoms with Gasteiger partial charge in [-0.15, -0.1) is 0 Å². The van der Waals surface area contributed by atoms with Gasteiger partial charge in [-0.25, -0.2) is 9.79 Å². The molecule has 2 heterocycles. The minimum Gasteiger partial charge on any atom is -0.497 e. The van der Waals surface area contributed by atoms with E-state index in [2.05, 4.69) is 23.2 Å². The second-order valence-corrected chi connectivity index (χ2v) is 8.14. The first-order chi connectivity index (χ1) is 16.1. The number of ether oxygens (including phenoxy) is 2. The van der Waals surface area contributed by atoms with Crippen LogP contribution in [-0.2, 0) is 0 Å². The van der Waals surface area contributed by atoms with Crippen molar-refractivity contribution in [1.29, 1.82) is 0 Å². The SMILES string of the molecule is COc1ccc(NC(=O)N2CCN(C3=Nc4ccccc4Oc4ccc(C)cc43)CC2)cc1. The van der Waals surface area contributed by atoms with E-state index in [-0.39, 0.29) is 6.03 Å². The third-order valence-corrected chi connectivity index (χ3v) is 5.90. The molecule has 0 unspecified atom stereocenters. The lowest BCUT2D eigenvalue weighted by Gasteiger charge is -2.36. The molecule has 2 aliphatic rings. The Bertz CT molecular complexity index is 1200. The van der Waals surface area contributed by atoms with Crippen LogP contribution in [0.3, 0.4) is 0 Å². The van der Waals surface area contributed by atoms with E-state index in [0.29, 0.717) is 26.2 Å². The van der Waals surface area contributed by atoms with Crippen LogP contribution in [0.25, 0.3) is 0 Å². The molecule has 2 aliphatic heterocycles. The van der Waals surface area contributed by atoms with Crippen LogP contribution in [0.5, 0.6) is 17.2 Å². The standard InChI is InChI=1S/C26H26N4O3/c1-18-7-12-23-21(17-18)25(28-22-5-3-4-6-24(22)33-23)29-13-15-30(16-14-29)26(31)27-19-8-10-20(32-2)11-9-19/h3-12,17H,13-16H2,1-2H3,(H,27,31). The highest BCUT2D eigenvalue weighted by Crippen LogP contribution is 2.38. The fourth-order valence-electron chi connectivity index (χ4n) is 4.08. The highest BCUT2D eigenvalue weighted by Gasteiger charge is 2.27. The second-order valence-electron chi connectivity index (χ2n) is 8.14. The number of rotatable bonds is 2. The summed E-state index contributed by atoms with van der Waals surface area (Å²) < 4.78 is 11.4. The summed E-state index contributed by atoms with van der Waals surface area (Å²) in [7, 11) is 1.62. The van der Waals surface area contributed by atoms with Crippen LogP contribution in [-0.4, -0.2) is 55.0 Å². The van der Waals surface area contributed by atoms with Crippen molar-refractivity contribution >= 4 is 23.2 Å². The number of amidine groups is 1. The average molecular weight is 443 g/mol. The number of hydrogen-bond donors (Lipinski definition) is 1. The van der Waals surface area contributed by atoms with Gasteiger partial charge in [0.25, 0.3) is 0 Å². The molecule has 0 aromatic heterocycles. The van der Waals surface area contributed by atoms with E-state index in [1.165, 1.54) is 0 Å². The van der Waals surface area contributed by atoms with Crippen molar-refractivity contribution in [1.82, 2.24) is 9.80 Å². The summed E-state index contributed by atoms with van der Waals surface area (Å²) in [5, 5.41) is 2.97. The largest absolute Gasteiger partial charge is 0.497 e. The highest BCUT2D eigenvalue weighted by molar-refractivity contribution is 6.04. The third kappa shape index (κ3) is 4.35. The van der Waals surface area contributed by atoms with Gasteiger partial charge in [-0.2, -0.15) is 0 Å². The van der Waals surface area contributed by atoms with Crippen molar-refractivity contribution in [3.8, 4) is 17.2 Å². The molecule has 2 amide bonds. The average Bonchev–Trinajstić information content (AvgIpc) is 3.01. The van der Waals surface area contributed by atoms with Crippen molar-refractivity contribution in [3.05, 3.63) is 77.9 Å². The van der Waals surface area contributed by atoms with Crippen LogP contribution in [0.15, 0.2) is 71.7 Å². The zero-order chi connectivity index (χ0) is 22.8. The number of nitrogens with one attached hydrogen (secondary N) is 1. The lowest BCUT2D eigenvalue weighted by Crippen LogP contribution is -2.51. The number of aryl methyl sites for hydroxylation is 1. The van der Waals surface area contributed by atoms with E-state index in [1.54, 1.807) is 7.11 Å². The Morgan fingerprint density at radius 2 is 1.73 bits per heavy atom. The summed E-state index contributed by atoms with van der Waals surface area (Å²) in [4.78, 5) is 21.8. The number of aliphatic imine (C=N–C) groups is 1. The van der Waals surface area contributed by atoms with Crippen LogP contribution >= 0.6 is 0 Å². The van der Waals surface area contributed by atoms with Crippen molar-refractivity contribution in [2.75, 3.05) is 38.6 Å². The van der Waals surface area contributed by atoms with Gasteiger partial charge in [0.2, 0.25) is 0 Å². The summed E-state index contributed by atoms with van der Waals surface area (Å²) >= 11 is 0. The Labute approximate surface area is 193 Å². The predicted octanol–water partition coefficient (Wildman–Crippen LogP) is 5.04. The van der Waals surface area contributed by atoms with Crippen molar-refractivity contribution in [2.45, 2.75) is 6.92 Å². The number of piperazine rings is 1. The maximum absolute atomic E-state index is 12.8. The number of benzene rings is 3. The summed E-state index contributed by atoms with van der Waals surface area (Å²) in [5.41, 5.74) is 3.67. The summed E-state index contributed by atoms with van der Waals surface area (Å²) in [6.07, 6.45) is 0. The summed E-state index contributed by atoms with van der Waals surface area (Å²) in [5.74, 6) is 3.18. The summed E-state index contributed by atoms with van der Waals surface area (Å²) in [6, 6.07) is 21.2. The van der Waals surface area contributed by atoms with E-state index in [0.717, 1.165) is 45.6 Å². The van der Waals surface area contributed by atoms with E-state index < -0.39 is 0 Å². The van der Waals surface area contributed by atoms with Crippen LogP contribution in [0, 0.1) is 6.92 Å². The van der Waals surface area contributed by atoms with Gasteiger partial charge in [0.15, 0.2) is 5.75 Å². The molecule has 5 rings (SSSR count). The molecule has 7 heteroatoms. The number of carbonyl (C=O) groups excluding carboxylic acids is 1. The van der Waals surface area contributed by atoms with Crippen LogP contribution in [0.2, 0.25) is 0 Å². The quantitative estimate of drug-likeness (QED) is 0.604. The molecule has 0 radical (unpaired) electrons. The smallest absolute Gasteiger partial charge is 0.321 e. The Morgan fingerprint density at radius 3 is 2.48 bits per heavy atom. The molecule has 0 aliphatic carbocycles. The molecule has 7 nitrogen and oxygen atoms in total. The van der Waals surface area contributed by atoms with Gasteiger partial charge in [-0.05, 0) is 55.5 Å². The number of carbonyl (C=O) groups is 1. The van der Waals surface area contributed by atoms with Crippen molar-refractivity contribution in [3.63, 3.8) is 0 Å². The Morgan fingerprint density at radius 1 is 0.970 bits per heavy atom. The molecule has 1 N–H and O–H groups in total. The molecule has 1 saturated heterocycles. The van der Waals surface area contributed by atoms with Gasteiger partial charge in [0, 0.05) is 31.9 Å². The molecular weight excluding hydrogens is 416 g/mol. The number of amides is 2. The maximum atomic E-state index is 12.8. The van der Waals surface area contributed by atoms with Gasteiger partial charge in [0.1, 0.15) is 23.0 Å². The summed E-state index contributed by atoms with van der Waals surface area (Å²) in [6.45, 7) is 4.64. The minimum atomic E-state index is -0.104. The van der Waals surface area contributed by atoms with Crippen LogP contribution in [0.1, 0.15) is 11.1 Å². The Hall–Kier alpha value is -4.00. The normalized spacial score (nSPS) is 14.9. The number of nitrogens with zero attached hydrogens (tertiary/aromatic N) is 3. The maximum Gasteiger partial charge on any atom is 0.321 e. The molecule has 0 bridgehead atoms. The van der Waals surface area contributed by atoms with Crippen LogP contribution in [0.4, 0.5) is 16.2 Å². The number of anilines is 1. The predicted molar refractivity (Wildman–Crippen MR) is 129 cm³/mol. The van der Waals surface area contributed by atoms with E-state index in [9.17, 15) is 4.79 Å². The number of fused-ring (bicyclic) bond motifs is 2. The topological polar surface area (TPSA) is 66.4 Å². The number of urea groups is 1. The molecule has 33 heavy (non-hydrogen) atoms. The van der Waals surface area contributed by atoms with Gasteiger partial charge in [-0.1, -0.05) is 23.8 Å². The zero-order valence-electron chi connectivity index (χ0n) is 18.7. The second kappa shape index (κ2) is 8.86. The zero-order valence-corrected chi connectivity index (χ0v) is 18.7. The third-order valence-electron chi connectivity index (χ3n) is 5.90. The fourth-order valence-corrected chi connectivity index (χ4v) is 4.08. The molecule has 3 aromatic carbocycles. The molecule has 1 fully saturated rings. The van der Waals surface area contributed by atoms with Crippen LogP contribution < -0.4 is 14.8 Å². The van der Waals surface area contributed by atoms with Crippen molar-refractivity contribution in [2.24, 2.45) is 4.99 Å². The lowest BCUT2D eigenvalue weighted by atomic mass is 10.1. The van der Waals surface area contributed by atoms with Gasteiger partial charge >= 0.3 is 6.03 Å². The number of methoxy groups -OCH3 is 1. The minimum absolute atomic E-state index is 0.104. The first kappa shape index (κ1) is 20.9. The first-order valence-electron chi connectivity index (χ1n) is 11.0. The van der Waals surface area contributed by atoms with Gasteiger partial charge < -0.3 is 24.6 Å². The number of para-hydroxylation sites is 2. The van der Waals surface area contributed by atoms with E-state index in [1.807, 2.05) is 65.6 Å². The highest BCUT2D eigenvalue weighted by atomic mass is 16.5. The van der Waals surface area contributed by atoms with E-state index in [4.69, 9.17) is 14.5 Å². The van der Waals surface area contributed by atoms with Gasteiger partial charge in [-0.3, -0.25) is 0 Å². The fraction of sp³-hybridized carbons (Fsp3) is 0.231. The van der Waals surface area contributed by atoms with E-state index >= 15 is 0 Å². The van der Waals surface area contributed by atoms with Crippen molar-refractivity contribution < 1.29 is 14.3 Å². The molecular formula is C26H26N4O3. The molecule has 3 aromatic rings. The molecule has 0 spiro atoms. The van der Waals surface area contributed by atoms with Gasteiger partial charge in [0.05, 0.1) is 12.7 Å². The molecule has 168 valence electrons. The number of hydrogen-bond acceptors (Lipinski definition) is 5. The molecule has 0 saturated carbocycles. The lowest BCUT2D eigenvalue weighted by molar-refractivity contribution is 0.181. The molecule has 0 atom stereocenters. The Kier molecular flexibility index (Phi) is 5.60. The monoisotopic (exact) mass is 442 g/mol. The Balaban J connectivity index is 1.33. The first-order valence-corrected chi connectivity index (χ1v) is 11.0.